The van der Waals surface area contributed by atoms with Crippen LogP contribution in [0.25, 0.3) is 0 Å². The number of rotatable bonds is 6. The van der Waals surface area contributed by atoms with Crippen LogP contribution >= 0.6 is 0 Å². The quantitative estimate of drug-likeness (QED) is 0.821. The Hall–Kier alpha value is -1.44. The molecule has 0 saturated heterocycles. The number of hydrogen-bond acceptors (Lipinski definition) is 3. The van der Waals surface area contributed by atoms with E-state index in [-0.39, 0.29) is 11.9 Å². The summed E-state index contributed by atoms with van der Waals surface area (Å²) in [5.74, 6) is -0.238. The predicted octanol–water partition coefficient (Wildman–Crippen LogP) is 2.06. The molecule has 0 aliphatic rings. The summed E-state index contributed by atoms with van der Waals surface area (Å²) < 4.78 is 13.7. The maximum Gasteiger partial charge on any atom is 0.128 e. The fraction of sp³-hybridized carbons (Fsp3) is 0.462. The first kappa shape index (κ1) is 13.6. The summed E-state index contributed by atoms with van der Waals surface area (Å²) in [6.07, 6.45) is 0.429. The molecule has 0 radical (unpaired) electrons. The van der Waals surface area contributed by atoms with Crippen molar-refractivity contribution in [1.82, 2.24) is 4.90 Å². The molecule has 4 heteroatoms. The highest BCUT2D eigenvalue weighted by molar-refractivity contribution is 5.21. The van der Waals surface area contributed by atoms with Crippen molar-refractivity contribution >= 4 is 0 Å². The van der Waals surface area contributed by atoms with Crippen molar-refractivity contribution in [3.05, 3.63) is 35.6 Å². The van der Waals surface area contributed by atoms with Gasteiger partial charge in [0, 0.05) is 31.1 Å². The molecule has 3 nitrogen and oxygen atoms in total. The van der Waals surface area contributed by atoms with Crippen LogP contribution in [0.15, 0.2) is 24.3 Å². The van der Waals surface area contributed by atoms with Crippen molar-refractivity contribution in [2.75, 3.05) is 19.6 Å². The Kier molecular flexibility index (Phi) is 5.61. The van der Waals surface area contributed by atoms with Gasteiger partial charge < -0.3 is 5.73 Å². The largest absolute Gasteiger partial charge is 0.329 e. The van der Waals surface area contributed by atoms with Crippen LogP contribution in [0.1, 0.15) is 24.9 Å². The fourth-order valence-corrected chi connectivity index (χ4v) is 1.95. The number of likely N-dealkylation sites (N-methyl/N-ethyl adjacent to an activating group) is 1. The van der Waals surface area contributed by atoms with E-state index in [1.165, 1.54) is 6.07 Å². The molecule has 1 atom stereocenters. The van der Waals surface area contributed by atoms with Crippen LogP contribution in [-0.4, -0.2) is 24.5 Å². The topological polar surface area (TPSA) is 53.0 Å². The molecule has 92 valence electrons. The molecule has 0 spiro atoms. The van der Waals surface area contributed by atoms with Gasteiger partial charge in [0.2, 0.25) is 0 Å². The number of benzene rings is 1. The van der Waals surface area contributed by atoms with Gasteiger partial charge in [0.15, 0.2) is 0 Å². The zero-order valence-electron chi connectivity index (χ0n) is 10.1. The van der Waals surface area contributed by atoms with Gasteiger partial charge in [-0.15, -0.1) is 0 Å². The van der Waals surface area contributed by atoms with E-state index in [0.29, 0.717) is 25.1 Å². The molecule has 1 rings (SSSR count). The van der Waals surface area contributed by atoms with Gasteiger partial charge in [-0.05, 0) is 12.6 Å². The van der Waals surface area contributed by atoms with Crippen LogP contribution < -0.4 is 5.73 Å². The third-order valence-corrected chi connectivity index (χ3v) is 2.85. The standard InChI is InChI=1S/C13H18FN3/c1-2-17(9-5-8-15)13(10-16)11-6-3-4-7-12(11)14/h3-4,6-7,13H,2,5,9-10,16H2,1H3. The Morgan fingerprint density at radius 2 is 2.18 bits per heavy atom. The minimum Gasteiger partial charge on any atom is -0.329 e. The van der Waals surface area contributed by atoms with Crippen molar-refractivity contribution < 1.29 is 4.39 Å². The van der Waals surface area contributed by atoms with Gasteiger partial charge in [-0.25, -0.2) is 4.39 Å². The molecule has 1 unspecified atom stereocenters. The smallest absolute Gasteiger partial charge is 0.128 e. The summed E-state index contributed by atoms with van der Waals surface area (Å²) >= 11 is 0. The van der Waals surface area contributed by atoms with Crippen molar-refractivity contribution in [2.24, 2.45) is 5.73 Å². The molecule has 2 N–H and O–H groups in total. The Balaban J connectivity index is 2.89. The van der Waals surface area contributed by atoms with E-state index in [4.69, 9.17) is 11.0 Å². The fourth-order valence-electron chi connectivity index (χ4n) is 1.95. The lowest BCUT2D eigenvalue weighted by molar-refractivity contribution is 0.213. The molecule has 0 aromatic heterocycles. The second-order valence-electron chi connectivity index (χ2n) is 3.81. The SMILES string of the molecule is CCN(CCC#N)C(CN)c1ccccc1F. The van der Waals surface area contributed by atoms with Crippen molar-refractivity contribution in [2.45, 2.75) is 19.4 Å². The van der Waals surface area contributed by atoms with Crippen LogP contribution in [-0.2, 0) is 0 Å². The Morgan fingerprint density at radius 3 is 2.71 bits per heavy atom. The van der Waals surface area contributed by atoms with Crippen LogP contribution in [0.5, 0.6) is 0 Å². The lowest BCUT2D eigenvalue weighted by Crippen LogP contribution is -2.34. The maximum absolute atomic E-state index is 13.7. The van der Waals surface area contributed by atoms with Crippen molar-refractivity contribution in [3.63, 3.8) is 0 Å². The molecule has 1 aromatic rings. The summed E-state index contributed by atoms with van der Waals surface area (Å²) in [4.78, 5) is 2.03. The average molecular weight is 235 g/mol. The molecular weight excluding hydrogens is 217 g/mol. The monoisotopic (exact) mass is 235 g/mol. The van der Waals surface area contributed by atoms with E-state index in [0.717, 1.165) is 6.54 Å². The average Bonchev–Trinajstić information content (AvgIpc) is 2.36. The van der Waals surface area contributed by atoms with Gasteiger partial charge in [-0.1, -0.05) is 25.1 Å². The lowest BCUT2D eigenvalue weighted by Gasteiger charge is -2.29. The number of nitriles is 1. The highest BCUT2D eigenvalue weighted by atomic mass is 19.1. The summed E-state index contributed by atoms with van der Waals surface area (Å²) in [7, 11) is 0. The first-order chi connectivity index (χ1) is 8.24. The Bertz CT molecular complexity index is 386. The van der Waals surface area contributed by atoms with Gasteiger partial charge >= 0.3 is 0 Å². The van der Waals surface area contributed by atoms with E-state index >= 15 is 0 Å². The van der Waals surface area contributed by atoms with E-state index in [1.54, 1.807) is 18.2 Å². The van der Waals surface area contributed by atoms with Crippen molar-refractivity contribution in [3.8, 4) is 6.07 Å². The minimum absolute atomic E-state index is 0.158. The van der Waals surface area contributed by atoms with Gasteiger partial charge in [0.1, 0.15) is 5.82 Å². The van der Waals surface area contributed by atoms with Gasteiger partial charge in [-0.2, -0.15) is 5.26 Å². The normalized spacial score (nSPS) is 12.4. The van der Waals surface area contributed by atoms with E-state index < -0.39 is 0 Å². The van der Waals surface area contributed by atoms with E-state index in [9.17, 15) is 4.39 Å². The zero-order valence-corrected chi connectivity index (χ0v) is 10.1. The molecule has 0 heterocycles. The zero-order chi connectivity index (χ0) is 12.7. The lowest BCUT2D eigenvalue weighted by atomic mass is 10.0. The first-order valence-electron chi connectivity index (χ1n) is 5.80. The van der Waals surface area contributed by atoms with Crippen LogP contribution in [0.3, 0.4) is 0 Å². The van der Waals surface area contributed by atoms with Crippen molar-refractivity contribution in [1.29, 1.82) is 5.26 Å². The van der Waals surface area contributed by atoms with Gasteiger partial charge in [0.05, 0.1) is 6.07 Å². The summed E-state index contributed by atoms with van der Waals surface area (Å²) in [5.41, 5.74) is 6.34. The third-order valence-electron chi connectivity index (χ3n) is 2.85. The molecule has 0 saturated carbocycles. The van der Waals surface area contributed by atoms with E-state index in [2.05, 4.69) is 6.07 Å². The Morgan fingerprint density at radius 1 is 1.47 bits per heavy atom. The molecule has 17 heavy (non-hydrogen) atoms. The Labute approximate surface area is 102 Å². The summed E-state index contributed by atoms with van der Waals surface area (Å²) in [6, 6.07) is 8.61. The maximum atomic E-state index is 13.7. The second kappa shape index (κ2) is 7.00. The van der Waals surface area contributed by atoms with Crippen LogP contribution in [0.2, 0.25) is 0 Å². The molecule has 0 aliphatic heterocycles. The molecule has 0 aliphatic carbocycles. The summed E-state index contributed by atoms with van der Waals surface area (Å²) in [5, 5.41) is 8.61. The predicted molar refractivity (Wildman–Crippen MR) is 65.7 cm³/mol. The molecule has 0 fully saturated rings. The number of hydrogen-bond donors (Lipinski definition) is 1. The van der Waals surface area contributed by atoms with Gasteiger partial charge in [-0.3, -0.25) is 4.90 Å². The number of nitrogens with two attached hydrogens (primary N) is 1. The highest BCUT2D eigenvalue weighted by Gasteiger charge is 2.19. The molecule has 1 aromatic carbocycles. The molecule has 0 amide bonds. The first-order valence-corrected chi connectivity index (χ1v) is 5.80. The summed E-state index contributed by atoms with van der Waals surface area (Å²) in [6.45, 7) is 3.70. The van der Waals surface area contributed by atoms with Crippen LogP contribution in [0.4, 0.5) is 4.39 Å². The third kappa shape index (κ3) is 3.52. The minimum atomic E-state index is -0.238. The van der Waals surface area contributed by atoms with E-state index in [1.807, 2.05) is 11.8 Å². The van der Waals surface area contributed by atoms with Gasteiger partial charge in [0.25, 0.3) is 0 Å². The highest BCUT2D eigenvalue weighted by Crippen LogP contribution is 2.22. The number of nitrogens with zero attached hydrogens (tertiary/aromatic N) is 2. The molecular formula is C13H18FN3. The number of halogens is 1. The second-order valence-corrected chi connectivity index (χ2v) is 3.81. The van der Waals surface area contributed by atoms with Crippen LogP contribution in [0, 0.1) is 17.1 Å². The molecule has 0 bridgehead atoms.